The number of nitrogens with zero attached hydrogens (tertiary/aromatic N) is 4. The van der Waals surface area contributed by atoms with Crippen LogP contribution in [-0.2, 0) is 17.8 Å². The molecular weight excluding hydrogens is 361 g/mol. The first-order chi connectivity index (χ1) is 13.6. The number of amides is 1. The van der Waals surface area contributed by atoms with Gasteiger partial charge in [-0.25, -0.2) is 18.9 Å². The molecule has 0 unspecified atom stereocenters. The van der Waals surface area contributed by atoms with Gasteiger partial charge in [0.05, 0.1) is 5.69 Å². The summed E-state index contributed by atoms with van der Waals surface area (Å²) in [6.07, 6.45) is 5.98. The summed E-state index contributed by atoms with van der Waals surface area (Å²) in [5.41, 5.74) is -0.241. The number of benzene rings is 1. The van der Waals surface area contributed by atoms with Gasteiger partial charge in [-0.15, -0.1) is 0 Å². The molecule has 3 heterocycles. The second kappa shape index (κ2) is 7.84. The molecule has 0 saturated carbocycles. The van der Waals surface area contributed by atoms with E-state index in [4.69, 9.17) is 0 Å². The van der Waals surface area contributed by atoms with Gasteiger partial charge in [0, 0.05) is 31.9 Å². The van der Waals surface area contributed by atoms with Gasteiger partial charge < -0.3 is 9.47 Å². The minimum absolute atomic E-state index is 0.109. The molecule has 28 heavy (non-hydrogen) atoms. The lowest BCUT2D eigenvalue weighted by atomic mass is 9.93. The Morgan fingerprint density at radius 1 is 1.14 bits per heavy atom. The van der Waals surface area contributed by atoms with E-state index in [-0.39, 0.29) is 17.5 Å². The van der Waals surface area contributed by atoms with Gasteiger partial charge in [-0.2, -0.15) is 5.10 Å². The average Bonchev–Trinajstić information content (AvgIpc) is 3.33. The fourth-order valence-electron chi connectivity index (χ4n) is 3.72. The summed E-state index contributed by atoms with van der Waals surface area (Å²) in [5.74, 6) is 0.457. The fourth-order valence-corrected chi connectivity index (χ4v) is 3.72. The highest BCUT2D eigenvalue weighted by Crippen LogP contribution is 2.22. The highest BCUT2D eigenvalue weighted by molar-refractivity contribution is 5.76. The summed E-state index contributed by atoms with van der Waals surface area (Å²) in [4.78, 5) is 26.4. The van der Waals surface area contributed by atoms with Crippen LogP contribution in [0.5, 0.6) is 0 Å². The van der Waals surface area contributed by atoms with Gasteiger partial charge in [-0.3, -0.25) is 4.79 Å². The second-order valence-electron chi connectivity index (χ2n) is 7.12. The van der Waals surface area contributed by atoms with Crippen molar-refractivity contribution in [2.24, 2.45) is 5.92 Å². The Morgan fingerprint density at radius 3 is 2.57 bits per heavy atom. The topological polar surface area (TPSA) is 75.9 Å². The van der Waals surface area contributed by atoms with E-state index in [1.54, 1.807) is 18.2 Å². The van der Waals surface area contributed by atoms with E-state index < -0.39 is 11.5 Å². The standard InChI is InChI=1S/C20H22FN5O2/c21-16-5-1-2-6-17(16)26-18(22-23-20(26)28)13-15-7-11-25(12-8-15)19(27)14-24-9-3-4-10-24/h1-6,9-10,15H,7-8,11-14H2,(H,23,28). The summed E-state index contributed by atoms with van der Waals surface area (Å²) >= 11 is 0. The van der Waals surface area contributed by atoms with Crippen molar-refractivity contribution in [3.63, 3.8) is 0 Å². The lowest BCUT2D eigenvalue weighted by molar-refractivity contribution is -0.133. The molecular formula is C20H22FN5O2. The number of hydrogen-bond donors (Lipinski definition) is 1. The molecule has 4 rings (SSSR count). The lowest BCUT2D eigenvalue weighted by Crippen LogP contribution is -2.40. The largest absolute Gasteiger partial charge is 0.348 e. The number of carbonyl (C=O) groups is 1. The summed E-state index contributed by atoms with van der Waals surface area (Å²) in [6, 6.07) is 9.98. The van der Waals surface area contributed by atoms with Crippen LogP contribution in [-0.4, -0.2) is 43.2 Å². The van der Waals surface area contributed by atoms with E-state index in [0.717, 1.165) is 12.8 Å². The van der Waals surface area contributed by atoms with Crippen LogP contribution in [0.25, 0.3) is 5.69 Å². The summed E-state index contributed by atoms with van der Waals surface area (Å²) < 4.78 is 17.3. The van der Waals surface area contributed by atoms with E-state index >= 15 is 0 Å². The highest BCUT2D eigenvalue weighted by atomic mass is 19.1. The smallest absolute Gasteiger partial charge is 0.345 e. The Balaban J connectivity index is 1.40. The first-order valence-corrected chi connectivity index (χ1v) is 9.41. The monoisotopic (exact) mass is 383 g/mol. The molecule has 0 aliphatic carbocycles. The molecule has 1 aliphatic heterocycles. The molecule has 1 fully saturated rings. The lowest BCUT2D eigenvalue weighted by Gasteiger charge is -2.32. The van der Waals surface area contributed by atoms with Crippen molar-refractivity contribution in [3.8, 4) is 5.69 Å². The molecule has 0 bridgehead atoms. The molecule has 0 atom stereocenters. The Hall–Kier alpha value is -3.16. The van der Waals surface area contributed by atoms with E-state index in [1.807, 2.05) is 34.0 Å². The third-order valence-corrected chi connectivity index (χ3v) is 5.26. The van der Waals surface area contributed by atoms with Crippen molar-refractivity contribution in [3.05, 3.63) is 70.9 Å². The van der Waals surface area contributed by atoms with Crippen LogP contribution >= 0.6 is 0 Å². The molecule has 1 amide bonds. The van der Waals surface area contributed by atoms with Crippen LogP contribution in [0.4, 0.5) is 4.39 Å². The normalized spacial score (nSPS) is 15.1. The van der Waals surface area contributed by atoms with Crippen LogP contribution in [0.2, 0.25) is 0 Å². The number of aromatic amines is 1. The van der Waals surface area contributed by atoms with Crippen molar-refractivity contribution < 1.29 is 9.18 Å². The Labute approximate surface area is 161 Å². The quantitative estimate of drug-likeness (QED) is 0.732. The summed E-state index contributed by atoms with van der Waals surface area (Å²) in [5, 5.41) is 6.53. The average molecular weight is 383 g/mol. The Bertz CT molecular complexity index is 1000. The first-order valence-electron chi connectivity index (χ1n) is 9.41. The molecule has 1 aromatic carbocycles. The predicted molar refractivity (Wildman–Crippen MR) is 102 cm³/mol. The molecule has 8 heteroatoms. The molecule has 3 aromatic rings. The number of aromatic nitrogens is 4. The van der Waals surface area contributed by atoms with Crippen molar-refractivity contribution in [2.45, 2.75) is 25.8 Å². The van der Waals surface area contributed by atoms with Crippen molar-refractivity contribution in [1.29, 1.82) is 0 Å². The van der Waals surface area contributed by atoms with Crippen LogP contribution in [0, 0.1) is 11.7 Å². The van der Waals surface area contributed by atoms with Gasteiger partial charge >= 0.3 is 5.69 Å². The number of rotatable bonds is 5. The Morgan fingerprint density at radius 2 is 1.86 bits per heavy atom. The molecule has 1 saturated heterocycles. The van der Waals surface area contributed by atoms with Crippen LogP contribution in [0.1, 0.15) is 18.7 Å². The van der Waals surface area contributed by atoms with Gasteiger partial charge in [0.15, 0.2) is 0 Å². The number of para-hydroxylation sites is 1. The van der Waals surface area contributed by atoms with E-state index in [2.05, 4.69) is 10.2 Å². The van der Waals surface area contributed by atoms with Crippen LogP contribution in [0.15, 0.2) is 53.6 Å². The zero-order valence-corrected chi connectivity index (χ0v) is 15.4. The SMILES string of the molecule is O=C(Cn1cccc1)N1CCC(Cc2n[nH]c(=O)n2-c2ccccc2F)CC1. The third-order valence-electron chi connectivity index (χ3n) is 5.26. The number of halogens is 1. The number of H-pyrrole nitrogens is 1. The molecule has 0 spiro atoms. The van der Waals surface area contributed by atoms with Gasteiger partial charge in [-0.05, 0) is 43.0 Å². The minimum Gasteiger partial charge on any atom is -0.345 e. The summed E-state index contributed by atoms with van der Waals surface area (Å²) in [6.45, 7) is 1.71. The predicted octanol–water partition coefficient (Wildman–Crippen LogP) is 1.98. The first kappa shape index (κ1) is 18.2. The van der Waals surface area contributed by atoms with E-state index in [1.165, 1.54) is 10.6 Å². The zero-order valence-electron chi connectivity index (χ0n) is 15.4. The fraction of sp³-hybridized carbons (Fsp3) is 0.350. The number of hydrogen-bond acceptors (Lipinski definition) is 3. The van der Waals surface area contributed by atoms with Gasteiger partial charge in [0.25, 0.3) is 0 Å². The molecule has 2 aromatic heterocycles. The van der Waals surface area contributed by atoms with E-state index in [9.17, 15) is 14.0 Å². The molecule has 1 N–H and O–H groups in total. The van der Waals surface area contributed by atoms with Gasteiger partial charge in [-0.1, -0.05) is 12.1 Å². The summed E-state index contributed by atoms with van der Waals surface area (Å²) in [7, 11) is 0. The molecule has 0 radical (unpaired) electrons. The minimum atomic E-state index is -0.460. The number of carbonyl (C=O) groups excluding carboxylic acids is 1. The maximum atomic E-state index is 14.1. The van der Waals surface area contributed by atoms with Crippen molar-refractivity contribution in [2.75, 3.05) is 13.1 Å². The number of nitrogens with one attached hydrogen (secondary N) is 1. The maximum absolute atomic E-state index is 14.1. The van der Waals surface area contributed by atoms with Crippen molar-refractivity contribution >= 4 is 5.91 Å². The van der Waals surface area contributed by atoms with Crippen LogP contribution in [0.3, 0.4) is 0 Å². The van der Waals surface area contributed by atoms with Gasteiger partial charge in [0.2, 0.25) is 5.91 Å². The van der Waals surface area contributed by atoms with Gasteiger partial charge in [0.1, 0.15) is 18.2 Å². The number of piperidine rings is 1. The third kappa shape index (κ3) is 3.76. The maximum Gasteiger partial charge on any atom is 0.348 e. The number of likely N-dealkylation sites (tertiary alicyclic amines) is 1. The van der Waals surface area contributed by atoms with Crippen LogP contribution < -0.4 is 5.69 Å². The molecule has 146 valence electrons. The Kier molecular flexibility index (Phi) is 5.10. The molecule has 1 aliphatic rings. The van der Waals surface area contributed by atoms with Crippen molar-refractivity contribution in [1.82, 2.24) is 24.2 Å². The highest BCUT2D eigenvalue weighted by Gasteiger charge is 2.25. The second-order valence-corrected chi connectivity index (χ2v) is 7.12. The zero-order chi connectivity index (χ0) is 19.5. The van der Waals surface area contributed by atoms with E-state index in [0.29, 0.717) is 31.9 Å². The molecule has 7 nitrogen and oxygen atoms in total.